The molecule has 4 amide bonds. The lowest BCUT2D eigenvalue weighted by atomic mass is 9.81. The molecule has 0 spiro atoms. The van der Waals surface area contributed by atoms with Gasteiger partial charge in [0.25, 0.3) is 11.5 Å². The molecule has 4 aliphatic rings. The number of carbonyl (C=O) groups is 5. The SMILES string of the molecule is CC[C@@]1(O)C(=O)OCc2c1cc1n(c2=O)Cc2c-1nc1cc(F)c(C)c3c1c2[C@@H](NC(=O)COCNC(=O)[C@H](C)NC(=O)[C@@H](OC(=O)N(C)C1c2ccccc2-c2ccccc21)C(C)C)CC3. The number of rotatable bonds is 12. The van der Waals surface area contributed by atoms with Gasteiger partial charge in [0.1, 0.15) is 31.8 Å². The van der Waals surface area contributed by atoms with Crippen LogP contribution in [0.4, 0.5) is 9.18 Å². The van der Waals surface area contributed by atoms with E-state index in [4.69, 9.17) is 19.2 Å². The Labute approximate surface area is 384 Å². The Hall–Kier alpha value is -6.98. The third-order valence-electron chi connectivity index (χ3n) is 13.6. The molecule has 0 radical (unpaired) electrons. The first-order valence-corrected chi connectivity index (χ1v) is 22.4. The van der Waals surface area contributed by atoms with E-state index in [0.717, 1.165) is 27.8 Å². The third kappa shape index (κ3) is 7.59. The highest BCUT2D eigenvalue weighted by Gasteiger charge is 2.46. The first kappa shape index (κ1) is 45.2. The van der Waals surface area contributed by atoms with E-state index in [-0.39, 0.29) is 37.4 Å². The number of benzene rings is 3. The van der Waals surface area contributed by atoms with E-state index in [1.165, 1.54) is 22.5 Å². The Morgan fingerprint density at radius 1 is 1.00 bits per heavy atom. The number of amides is 4. The maximum absolute atomic E-state index is 15.4. The standard InChI is InChI=1S/C50H51FN6O10/c1-7-50(64)34-18-38-42-32(20-57(38)47(61)33(34)21-66-48(50)62)41-36(17-16-27-25(4)35(51)19-37(55-42)40(27)41)54-39(58)22-65-23-52-45(59)26(5)53-46(60)44(24(2)3)67-49(63)56(6)43-30-14-10-8-12-28(30)29-13-9-11-15-31(29)43/h8-15,18-19,24,26,36,43-44,64H,7,16-17,20-23H2,1-6H3,(H,52,59)(H,53,60)(H,54,58)/t26-,36-,44-,50-/m0/s1. The second kappa shape index (κ2) is 17.3. The second-order valence-corrected chi connectivity index (χ2v) is 18.0. The van der Waals surface area contributed by atoms with E-state index in [0.29, 0.717) is 51.8 Å². The Kier molecular flexibility index (Phi) is 11.7. The van der Waals surface area contributed by atoms with Gasteiger partial charge in [-0.15, -0.1) is 0 Å². The predicted molar refractivity (Wildman–Crippen MR) is 242 cm³/mol. The summed E-state index contributed by atoms with van der Waals surface area (Å²) in [6.45, 7) is 7.21. The zero-order valence-corrected chi connectivity index (χ0v) is 38.0. The number of aliphatic hydroxyl groups is 1. The molecule has 2 aliphatic carbocycles. The lowest BCUT2D eigenvalue weighted by Crippen LogP contribution is -2.51. The zero-order valence-electron chi connectivity index (χ0n) is 38.0. The number of aryl methyl sites for hydroxylation is 1. The number of hydrogen-bond acceptors (Lipinski definition) is 11. The fourth-order valence-electron chi connectivity index (χ4n) is 10.1. The fraction of sp³-hybridized carbons (Fsp3) is 0.380. The van der Waals surface area contributed by atoms with Crippen molar-refractivity contribution in [1.29, 1.82) is 0 Å². The average Bonchev–Trinajstić information content (AvgIpc) is 3.85. The normalized spacial score (nSPS) is 18.5. The van der Waals surface area contributed by atoms with Crippen molar-refractivity contribution >= 4 is 40.7 Å². The average molecular weight is 915 g/mol. The quantitative estimate of drug-likeness (QED) is 0.0723. The molecular formula is C50H51FN6O10. The van der Waals surface area contributed by atoms with Gasteiger partial charge in [0.15, 0.2) is 11.7 Å². The lowest BCUT2D eigenvalue weighted by Gasteiger charge is -2.31. The van der Waals surface area contributed by atoms with Crippen molar-refractivity contribution < 1.29 is 47.7 Å². The summed E-state index contributed by atoms with van der Waals surface area (Å²) in [4.78, 5) is 86.7. The molecule has 0 bridgehead atoms. The fourth-order valence-corrected chi connectivity index (χ4v) is 10.1. The summed E-state index contributed by atoms with van der Waals surface area (Å²) in [6.07, 6.45) is -1.12. The van der Waals surface area contributed by atoms with Crippen LogP contribution in [0, 0.1) is 18.7 Å². The van der Waals surface area contributed by atoms with Gasteiger partial charge in [-0.3, -0.25) is 19.2 Å². The number of pyridine rings is 2. The van der Waals surface area contributed by atoms with Crippen molar-refractivity contribution in [2.24, 2.45) is 5.92 Å². The summed E-state index contributed by atoms with van der Waals surface area (Å²) in [7, 11) is 1.63. The lowest BCUT2D eigenvalue weighted by molar-refractivity contribution is -0.172. The summed E-state index contributed by atoms with van der Waals surface area (Å²) >= 11 is 0. The van der Waals surface area contributed by atoms with Gasteiger partial charge in [0, 0.05) is 29.6 Å². The van der Waals surface area contributed by atoms with E-state index >= 15 is 4.39 Å². The maximum Gasteiger partial charge on any atom is 0.411 e. The van der Waals surface area contributed by atoms with Gasteiger partial charge in [-0.1, -0.05) is 69.3 Å². The number of halogens is 1. The molecule has 4 heterocycles. The van der Waals surface area contributed by atoms with Crippen LogP contribution in [0.3, 0.4) is 0 Å². The van der Waals surface area contributed by atoms with Crippen molar-refractivity contribution in [2.45, 2.75) is 96.9 Å². The second-order valence-electron chi connectivity index (χ2n) is 18.0. The number of cyclic esters (lactones) is 1. The van der Waals surface area contributed by atoms with Crippen molar-refractivity contribution in [2.75, 3.05) is 20.4 Å². The minimum absolute atomic E-state index is 0.0303. The molecule has 0 saturated heterocycles. The molecular weight excluding hydrogens is 864 g/mol. The first-order chi connectivity index (χ1) is 32.0. The molecule has 5 aromatic rings. The third-order valence-corrected chi connectivity index (χ3v) is 13.6. The van der Waals surface area contributed by atoms with Crippen LogP contribution in [0.2, 0.25) is 0 Å². The molecule has 67 heavy (non-hydrogen) atoms. The van der Waals surface area contributed by atoms with Crippen LogP contribution in [-0.2, 0) is 58.6 Å². The van der Waals surface area contributed by atoms with Crippen molar-refractivity contribution in [1.82, 2.24) is 30.4 Å². The van der Waals surface area contributed by atoms with Gasteiger partial charge in [0.2, 0.25) is 11.8 Å². The van der Waals surface area contributed by atoms with Gasteiger partial charge in [-0.25, -0.2) is 19.0 Å². The van der Waals surface area contributed by atoms with Gasteiger partial charge >= 0.3 is 12.1 Å². The topological polar surface area (TPSA) is 207 Å². The summed E-state index contributed by atoms with van der Waals surface area (Å²) in [6, 6.07) is 16.5. The predicted octanol–water partition coefficient (Wildman–Crippen LogP) is 5.09. The number of nitrogens with one attached hydrogen (secondary N) is 3. The van der Waals surface area contributed by atoms with Crippen LogP contribution in [0.1, 0.15) is 97.1 Å². The molecule has 16 nitrogen and oxygen atoms in total. The van der Waals surface area contributed by atoms with E-state index in [1.54, 1.807) is 40.8 Å². The minimum Gasteiger partial charge on any atom is -0.458 e. The number of fused-ring (bicyclic) bond motifs is 8. The Morgan fingerprint density at radius 3 is 2.36 bits per heavy atom. The minimum atomic E-state index is -2.03. The summed E-state index contributed by atoms with van der Waals surface area (Å²) < 4.78 is 33.4. The Balaban J connectivity index is 0.835. The number of nitrogens with zero attached hydrogens (tertiary/aromatic N) is 3. The highest BCUT2D eigenvalue weighted by molar-refractivity contribution is 5.94. The summed E-state index contributed by atoms with van der Waals surface area (Å²) in [5.41, 5.74) is 5.35. The molecule has 2 aromatic heterocycles. The van der Waals surface area contributed by atoms with E-state index in [9.17, 15) is 33.9 Å². The molecule has 348 valence electrons. The van der Waals surface area contributed by atoms with Crippen LogP contribution in [0.15, 0.2) is 65.5 Å². The van der Waals surface area contributed by atoms with Crippen LogP contribution in [0.25, 0.3) is 33.4 Å². The van der Waals surface area contributed by atoms with E-state index in [2.05, 4.69) is 16.0 Å². The van der Waals surface area contributed by atoms with Crippen molar-refractivity contribution in [3.63, 3.8) is 0 Å². The monoisotopic (exact) mass is 914 g/mol. The Bertz CT molecular complexity index is 2940. The van der Waals surface area contributed by atoms with Crippen molar-refractivity contribution in [3.05, 3.63) is 121 Å². The van der Waals surface area contributed by atoms with E-state index in [1.807, 2.05) is 48.5 Å². The number of ether oxygens (including phenoxy) is 3. The molecule has 4 N–H and O–H groups in total. The smallest absolute Gasteiger partial charge is 0.411 e. The van der Waals surface area contributed by atoms with Crippen LogP contribution >= 0.6 is 0 Å². The molecule has 0 unspecified atom stereocenters. The van der Waals surface area contributed by atoms with Gasteiger partial charge in [0.05, 0.1) is 41.1 Å². The molecule has 4 atom stereocenters. The van der Waals surface area contributed by atoms with Crippen LogP contribution in [-0.4, -0.2) is 81.9 Å². The van der Waals surface area contributed by atoms with Crippen LogP contribution in [0.5, 0.6) is 0 Å². The van der Waals surface area contributed by atoms with Gasteiger partial charge in [-0.05, 0) is 84.0 Å². The number of carbonyl (C=O) groups excluding carboxylic acids is 5. The largest absolute Gasteiger partial charge is 0.458 e. The highest BCUT2D eigenvalue weighted by atomic mass is 19.1. The van der Waals surface area contributed by atoms with Crippen molar-refractivity contribution in [3.8, 4) is 22.5 Å². The van der Waals surface area contributed by atoms with Gasteiger partial charge < -0.3 is 44.7 Å². The maximum atomic E-state index is 15.4. The number of hydrogen-bond donors (Lipinski definition) is 4. The molecule has 17 heteroatoms. The summed E-state index contributed by atoms with van der Waals surface area (Å²) in [5, 5.41) is 20.2. The number of aromatic nitrogens is 2. The highest BCUT2D eigenvalue weighted by Crippen LogP contribution is 2.47. The van der Waals surface area contributed by atoms with E-state index < -0.39 is 83.5 Å². The summed E-state index contributed by atoms with van der Waals surface area (Å²) in [5.74, 6) is -3.50. The molecule has 3 aromatic carbocycles. The Morgan fingerprint density at radius 2 is 1.69 bits per heavy atom. The zero-order chi connectivity index (χ0) is 47.6. The molecule has 0 saturated carbocycles. The van der Waals surface area contributed by atoms with Crippen LogP contribution < -0.4 is 21.5 Å². The molecule has 2 aliphatic heterocycles. The van der Waals surface area contributed by atoms with Gasteiger partial charge in [-0.2, -0.15) is 0 Å². The molecule has 9 rings (SSSR count). The first-order valence-electron chi connectivity index (χ1n) is 22.4. The number of esters is 1. The molecule has 0 fully saturated rings.